The van der Waals surface area contributed by atoms with Gasteiger partial charge in [0.05, 0.1) is 0 Å². The monoisotopic (exact) mass is 576 g/mol. The highest BCUT2D eigenvalue weighted by atomic mass is 32.3. The van der Waals surface area contributed by atoms with Gasteiger partial charge in [-0.05, 0) is 89.8 Å². The average Bonchev–Trinajstić information content (AvgIpc) is 2.99. The minimum Gasteiger partial charge on any atom is -0.449 e. The molecule has 0 saturated heterocycles. The van der Waals surface area contributed by atoms with Crippen LogP contribution in [0.3, 0.4) is 0 Å². The van der Waals surface area contributed by atoms with E-state index in [0.717, 1.165) is 46.8 Å². The highest BCUT2D eigenvalue weighted by molar-refractivity contribution is 8.30. The quantitative estimate of drug-likeness (QED) is 0.144. The van der Waals surface area contributed by atoms with E-state index >= 15 is 0 Å². The molecule has 1 N–H and O–H groups in total. The summed E-state index contributed by atoms with van der Waals surface area (Å²) in [6, 6.07) is 25.1. The fourth-order valence-electron chi connectivity index (χ4n) is 5.79. The molecule has 0 saturated carbocycles. The summed E-state index contributed by atoms with van der Waals surface area (Å²) in [5.74, 6) is 0. The molecule has 0 unspecified atom stereocenters. The number of carbonyl (C=O) groups is 1. The van der Waals surface area contributed by atoms with Crippen molar-refractivity contribution in [2.24, 2.45) is 0 Å². The van der Waals surface area contributed by atoms with E-state index in [2.05, 4.69) is 57.2 Å². The van der Waals surface area contributed by atoms with Gasteiger partial charge in [0.25, 0.3) is 0 Å². The van der Waals surface area contributed by atoms with Crippen LogP contribution in [0.4, 0.5) is 4.79 Å². The van der Waals surface area contributed by atoms with Crippen LogP contribution in [-0.2, 0) is 23.4 Å². The molecule has 4 heteroatoms. The molecular formula is C37H52O3S. The number of hydrogen-bond donors (Lipinski definition) is 1. The maximum absolute atomic E-state index is 12.6. The molecule has 3 rings (SSSR count). The zero-order valence-electron chi connectivity index (χ0n) is 25.7. The van der Waals surface area contributed by atoms with Crippen LogP contribution in [-0.4, -0.2) is 11.3 Å². The summed E-state index contributed by atoms with van der Waals surface area (Å²) in [5.41, 5.74) is 3.96. The number of carboxylic acid groups (broad SMARTS) is 1. The zero-order chi connectivity index (χ0) is 29.3. The number of rotatable bonds is 19. The van der Waals surface area contributed by atoms with E-state index in [4.69, 9.17) is 4.18 Å². The first-order chi connectivity index (χ1) is 20.1. The van der Waals surface area contributed by atoms with Crippen LogP contribution < -0.4 is 0 Å². The predicted molar refractivity (Wildman–Crippen MR) is 174 cm³/mol. The predicted octanol–water partition coefficient (Wildman–Crippen LogP) is 11.9. The largest absolute Gasteiger partial charge is 0.517 e. The van der Waals surface area contributed by atoms with Crippen molar-refractivity contribution in [3.8, 4) is 0 Å². The van der Waals surface area contributed by atoms with E-state index in [1.165, 1.54) is 80.9 Å². The topological polar surface area (TPSA) is 46.5 Å². The van der Waals surface area contributed by atoms with Crippen molar-refractivity contribution in [1.82, 2.24) is 0 Å². The fraction of sp³-hybridized carbons (Fsp3) is 0.486. The summed E-state index contributed by atoms with van der Waals surface area (Å²) >= 11 is 0. The Morgan fingerprint density at radius 2 is 1.02 bits per heavy atom. The Morgan fingerprint density at radius 3 is 1.41 bits per heavy atom. The molecule has 0 aromatic heterocycles. The van der Waals surface area contributed by atoms with Gasteiger partial charge in [0.2, 0.25) is 0 Å². The molecule has 3 aromatic carbocycles. The van der Waals surface area contributed by atoms with Crippen LogP contribution in [0.25, 0.3) is 0 Å². The van der Waals surface area contributed by atoms with Gasteiger partial charge >= 0.3 is 6.16 Å². The van der Waals surface area contributed by atoms with E-state index in [0.29, 0.717) is 0 Å². The highest BCUT2D eigenvalue weighted by Crippen LogP contribution is 2.71. The molecular weight excluding hydrogens is 524 g/mol. The zero-order valence-corrected chi connectivity index (χ0v) is 26.5. The lowest BCUT2D eigenvalue weighted by atomic mass is 9.95. The van der Waals surface area contributed by atoms with Gasteiger partial charge in [-0.3, -0.25) is 0 Å². The Kier molecular flexibility index (Phi) is 14.4. The van der Waals surface area contributed by atoms with Gasteiger partial charge in [-0.2, -0.15) is 0 Å². The van der Waals surface area contributed by atoms with E-state index in [1.54, 1.807) is 0 Å². The summed E-state index contributed by atoms with van der Waals surface area (Å²) in [6.07, 6.45) is 16.1. The second kappa shape index (κ2) is 18.0. The van der Waals surface area contributed by atoms with Crippen molar-refractivity contribution in [2.45, 2.75) is 132 Å². The van der Waals surface area contributed by atoms with Gasteiger partial charge in [0.15, 0.2) is 0 Å². The first-order valence-electron chi connectivity index (χ1n) is 16.1. The molecule has 0 aliphatic carbocycles. The number of hydrogen-bond acceptors (Lipinski definition) is 2. The maximum atomic E-state index is 12.6. The molecule has 3 nitrogen and oxygen atoms in total. The molecule has 0 fully saturated rings. The van der Waals surface area contributed by atoms with E-state index in [1.807, 2.05) is 36.4 Å². The average molecular weight is 577 g/mol. The van der Waals surface area contributed by atoms with Crippen LogP contribution in [0.5, 0.6) is 0 Å². The van der Waals surface area contributed by atoms with Gasteiger partial charge in [-0.25, -0.2) is 4.79 Å². The smallest absolute Gasteiger partial charge is 0.449 e. The Labute approximate surface area is 251 Å². The third-order valence-electron chi connectivity index (χ3n) is 7.85. The van der Waals surface area contributed by atoms with Gasteiger partial charge in [0.1, 0.15) is 0 Å². The Balaban J connectivity index is 2.30. The SMILES string of the molecule is CCCCCCc1cc(CCCCCC)c(S(OC(=O)O)(c2ccccc2)c2ccccc2)c(CCCCCC)c1. The summed E-state index contributed by atoms with van der Waals surface area (Å²) in [7, 11) is -2.52. The van der Waals surface area contributed by atoms with Crippen LogP contribution in [0, 0.1) is 0 Å². The number of benzene rings is 3. The number of unbranched alkanes of at least 4 members (excludes halogenated alkanes) is 9. The van der Waals surface area contributed by atoms with E-state index in [-0.39, 0.29) is 0 Å². The molecule has 0 radical (unpaired) electrons. The van der Waals surface area contributed by atoms with Crippen molar-refractivity contribution in [3.05, 3.63) is 89.5 Å². The van der Waals surface area contributed by atoms with Crippen LogP contribution in [0.1, 0.15) is 115 Å². The summed E-state index contributed by atoms with van der Waals surface area (Å²) in [4.78, 5) is 15.6. The molecule has 0 amide bonds. The maximum Gasteiger partial charge on any atom is 0.517 e. The minimum atomic E-state index is -2.52. The standard InChI is InChI=1S/C37H52O3S/c1-4-7-10-15-22-31-29-32(23-16-11-8-5-2)36(33(30-31)24-17-12-9-6-3)41(40-37(38)39,34-25-18-13-19-26-34)35-27-20-14-21-28-35/h13-14,18-21,25-30H,4-12,15-17,22-24H2,1-3H3,(H,38,39). The molecule has 0 aliphatic rings. The molecule has 224 valence electrons. The van der Waals surface area contributed by atoms with E-state index < -0.39 is 16.5 Å². The third kappa shape index (κ3) is 9.39. The van der Waals surface area contributed by atoms with E-state index in [9.17, 15) is 9.90 Å². The lowest BCUT2D eigenvalue weighted by Crippen LogP contribution is -2.16. The second-order valence-corrected chi connectivity index (χ2v) is 13.8. The molecule has 41 heavy (non-hydrogen) atoms. The third-order valence-corrected chi connectivity index (χ3v) is 11.2. The highest BCUT2D eigenvalue weighted by Gasteiger charge is 2.39. The summed E-state index contributed by atoms with van der Waals surface area (Å²) in [5, 5.41) is 10.3. The van der Waals surface area contributed by atoms with Crippen molar-refractivity contribution in [3.63, 3.8) is 0 Å². The van der Waals surface area contributed by atoms with Crippen LogP contribution >= 0.6 is 10.3 Å². The Hall–Kier alpha value is -2.72. The van der Waals surface area contributed by atoms with Gasteiger partial charge in [0, 0.05) is 14.7 Å². The van der Waals surface area contributed by atoms with Gasteiger partial charge in [-0.15, -0.1) is 0 Å². The van der Waals surface area contributed by atoms with Crippen LogP contribution in [0.15, 0.2) is 87.5 Å². The lowest BCUT2D eigenvalue weighted by Gasteiger charge is -2.41. The van der Waals surface area contributed by atoms with Gasteiger partial charge < -0.3 is 9.29 Å². The van der Waals surface area contributed by atoms with Crippen molar-refractivity contribution in [2.75, 3.05) is 0 Å². The Bertz CT molecular complexity index is 1090. The second-order valence-electron chi connectivity index (χ2n) is 11.2. The van der Waals surface area contributed by atoms with Crippen molar-refractivity contribution in [1.29, 1.82) is 0 Å². The Morgan fingerprint density at radius 1 is 0.610 bits per heavy atom. The summed E-state index contributed by atoms with van der Waals surface area (Å²) < 4.78 is 6.29. The molecule has 0 aliphatic heterocycles. The first kappa shape index (κ1) is 32.8. The van der Waals surface area contributed by atoms with Gasteiger partial charge in [-0.1, -0.05) is 127 Å². The fourth-order valence-corrected chi connectivity index (χ4v) is 9.17. The molecule has 0 bridgehead atoms. The number of aryl methyl sites for hydroxylation is 3. The first-order valence-corrected chi connectivity index (χ1v) is 17.6. The molecule has 0 heterocycles. The normalized spacial score (nSPS) is 11.9. The van der Waals surface area contributed by atoms with Crippen molar-refractivity contribution >= 4 is 16.5 Å². The molecule has 0 spiro atoms. The lowest BCUT2D eigenvalue weighted by molar-refractivity contribution is 0.150. The summed E-state index contributed by atoms with van der Waals surface area (Å²) in [6.45, 7) is 6.75. The van der Waals surface area contributed by atoms with Crippen LogP contribution in [0.2, 0.25) is 0 Å². The minimum absolute atomic E-state index is 0.939. The molecule has 3 aromatic rings. The van der Waals surface area contributed by atoms with Crippen molar-refractivity contribution < 1.29 is 14.1 Å². The molecule has 0 atom stereocenters.